The van der Waals surface area contributed by atoms with Gasteiger partial charge in [0, 0.05) is 12.1 Å². The normalized spacial score (nSPS) is 24.3. The number of benzene rings is 1. The molecule has 0 bridgehead atoms. The van der Waals surface area contributed by atoms with E-state index >= 15 is 0 Å². The molecule has 122 valence electrons. The smallest absolute Gasteiger partial charge is 0.300 e. The molecule has 1 aromatic carbocycles. The second-order valence-corrected chi connectivity index (χ2v) is 8.91. The summed E-state index contributed by atoms with van der Waals surface area (Å²) < 4.78 is 15.5. The topological polar surface area (TPSA) is 40.5 Å². The van der Waals surface area contributed by atoms with E-state index in [1.54, 1.807) is 0 Å². The van der Waals surface area contributed by atoms with Crippen molar-refractivity contribution in [3.05, 3.63) is 30.3 Å². The fourth-order valence-corrected chi connectivity index (χ4v) is 6.36. The summed E-state index contributed by atoms with van der Waals surface area (Å²) in [6.45, 7) is 0. The van der Waals surface area contributed by atoms with Crippen molar-refractivity contribution >= 4 is 12.8 Å². The van der Waals surface area contributed by atoms with Gasteiger partial charge < -0.3 is 4.89 Å². The van der Waals surface area contributed by atoms with E-state index in [1.165, 1.54) is 38.5 Å². The van der Waals surface area contributed by atoms with Crippen molar-refractivity contribution in [2.45, 2.75) is 76.3 Å². The van der Waals surface area contributed by atoms with Crippen LogP contribution in [-0.2, 0) is 4.57 Å². The summed E-state index contributed by atoms with van der Waals surface area (Å²) in [5.41, 5.74) is 0. The summed E-state index contributed by atoms with van der Waals surface area (Å²) in [6.07, 6.45) is 11.6. The van der Waals surface area contributed by atoms with Crippen LogP contribution in [0.5, 0.6) is 0 Å². The first kappa shape index (κ1) is 16.2. The molecule has 2 saturated carbocycles. The molecule has 0 spiro atoms. The first-order valence-electron chi connectivity index (χ1n) is 8.87. The average molecular weight is 321 g/mol. The third kappa shape index (κ3) is 3.48. The lowest BCUT2D eigenvalue weighted by Crippen LogP contribution is -2.44. The van der Waals surface area contributed by atoms with E-state index in [-0.39, 0.29) is 12.1 Å². The molecule has 0 aromatic heterocycles. The highest BCUT2D eigenvalue weighted by Gasteiger charge is 2.41. The van der Waals surface area contributed by atoms with E-state index in [1.807, 2.05) is 30.3 Å². The zero-order valence-corrected chi connectivity index (χ0v) is 14.3. The van der Waals surface area contributed by atoms with Gasteiger partial charge >= 0.3 is 0 Å². The lowest BCUT2D eigenvalue weighted by atomic mass is 9.91. The Labute approximate surface area is 134 Å². The molecule has 2 aliphatic rings. The van der Waals surface area contributed by atoms with Gasteiger partial charge in [0.25, 0.3) is 7.52 Å². The molecule has 1 aromatic rings. The van der Waals surface area contributed by atoms with E-state index in [0.717, 1.165) is 25.7 Å². The van der Waals surface area contributed by atoms with Crippen molar-refractivity contribution in [1.82, 2.24) is 4.67 Å². The summed E-state index contributed by atoms with van der Waals surface area (Å²) in [5, 5.41) is 0.603. The molecule has 0 aliphatic heterocycles. The highest BCUT2D eigenvalue weighted by molar-refractivity contribution is 7.63. The standard InChI is InChI=1S/C18H28NO2P/c20-22(21,18-14-8-3-9-15-18)19(16-10-4-1-5-11-16)17-12-6-2-7-13-17/h3,8-9,14-17H,1-2,4-7,10-13H2,(H,20,21). The molecule has 0 radical (unpaired) electrons. The number of hydrogen-bond acceptors (Lipinski definition) is 1. The minimum Gasteiger partial charge on any atom is -0.330 e. The Bertz CT molecular complexity index is 489. The van der Waals surface area contributed by atoms with Crippen molar-refractivity contribution in [2.75, 3.05) is 0 Å². The maximum absolute atomic E-state index is 13.4. The van der Waals surface area contributed by atoms with Gasteiger partial charge in [-0.2, -0.15) is 0 Å². The molecule has 3 nitrogen and oxygen atoms in total. The maximum atomic E-state index is 13.4. The largest absolute Gasteiger partial charge is 0.330 e. The molecule has 2 fully saturated rings. The van der Waals surface area contributed by atoms with Gasteiger partial charge in [0.15, 0.2) is 0 Å². The van der Waals surface area contributed by atoms with Gasteiger partial charge in [-0.3, -0.25) is 4.57 Å². The number of hydrogen-bond donors (Lipinski definition) is 1. The van der Waals surface area contributed by atoms with Crippen LogP contribution in [0, 0.1) is 0 Å². The first-order chi connectivity index (χ1) is 10.7. The highest BCUT2D eigenvalue weighted by atomic mass is 31.2. The van der Waals surface area contributed by atoms with Crippen molar-refractivity contribution in [3.63, 3.8) is 0 Å². The van der Waals surface area contributed by atoms with E-state index in [0.29, 0.717) is 5.30 Å². The van der Waals surface area contributed by atoms with Gasteiger partial charge in [-0.25, -0.2) is 4.67 Å². The van der Waals surface area contributed by atoms with Gasteiger partial charge in [-0.05, 0) is 37.8 Å². The summed E-state index contributed by atoms with van der Waals surface area (Å²) in [7, 11) is -3.46. The molecule has 0 saturated heterocycles. The van der Waals surface area contributed by atoms with Crippen LogP contribution in [0.3, 0.4) is 0 Å². The average Bonchev–Trinajstić information content (AvgIpc) is 2.58. The second-order valence-electron chi connectivity index (χ2n) is 6.84. The lowest BCUT2D eigenvalue weighted by Gasteiger charge is -2.43. The Hall–Kier alpha value is -0.630. The Morgan fingerprint density at radius 3 is 1.73 bits per heavy atom. The lowest BCUT2D eigenvalue weighted by molar-refractivity contribution is 0.154. The third-order valence-corrected chi connectivity index (χ3v) is 7.55. The molecular weight excluding hydrogens is 293 g/mol. The van der Waals surface area contributed by atoms with Gasteiger partial charge in [0.2, 0.25) is 0 Å². The Balaban J connectivity index is 1.91. The van der Waals surface area contributed by atoms with Crippen molar-refractivity contribution < 1.29 is 9.46 Å². The molecule has 22 heavy (non-hydrogen) atoms. The fraction of sp³-hybridized carbons (Fsp3) is 0.667. The van der Waals surface area contributed by atoms with Crippen molar-refractivity contribution in [1.29, 1.82) is 0 Å². The summed E-state index contributed by atoms with van der Waals surface area (Å²) in [4.78, 5) is 11.0. The Morgan fingerprint density at radius 1 is 0.818 bits per heavy atom. The molecule has 1 N–H and O–H groups in total. The van der Waals surface area contributed by atoms with Crippen LogP contribution in [-0.4, -0.2) is 21.6 Å². The van der Waals surface area contributed by atoms with E-state index in [9.17, 15) is 9.46 Å². The second kappa shape index (κ2) is 7.29. The minimum atomic E-state index is -3.46. The molecular formula is C18H28NO2P. The van der Waals surface area contributed by atoms with E-state index in [2.05, 4.69) is 4.67 Å². The molecule has 0 heterocycles. The molecule has 2 aliphatic carbocycles. The highest BCUT2D eigenvalue weighted by Crippen LogP contribution is 2.51. The summed E-state index contributed by atoms with van der Waals surface area (Å²) in [5.74, 6) is 0. The molecule has 4 heteroatoms. The minimum absolute atomic E-state index is 0.285. The number of nitrogens with zero attached hydrogens (tertiary/aromatic N) is 1. The van der Waals surface area contributed by atoms with E-state index in [4.69, 9.17) is 0 Å². The SMILES string of the molecule is O=P(O)(c1ccccc1)N(C1CCCCC1)C1CCCCC1. The number of rotatable bonds is 4. The quantitative estimate of drug-likeness (QED) is 0.832. The molecule has 1 unspecified atom stereocenters. The fourth-order valence-electron chi connectivity index (χ4n) is 4.19. The predicted molar refractivity (Wildman–Crippen MR) is 91.5 cm³/mol. The van der Waals surface area contributed by atoms with E-state index < -0.39 is 7.52 Å². The van der Waals surface area contributed by atoms with Crippen LogP contribution in [0.25, 0.3) is 0 Å². The van der Waals surface area contributed by atoms with Crippen LogP contribution in [0.1, 0.15) is 64.2 Å². The van der Waals surface area contributed by atoms with Crippen LogP contribution >= 0.6 is 7.52 Å². The van der Waals surface area contributed by atoms with Crippen molar-refractivity contribution in [3.8, 4) is 0 Å². The monoisotopic (exact) mass is 321 g/mol. The van der Waals surface area contributed by atoms with Crippen LogP contribution in [0.15, 0.2) is 30.3 Å². The van der Waals surface area contributed by atoms with Gasteiger partial charge in [-0.15, -0.1) is 0 Å². The van der Waals surface area contributed by atoms with Gasteiger partial charge in [-0.1, -0.05) is 56.7 Å². The summed E-state index contributed by atoms with van der Waals surface area (Å²) in [6, 6.07) is 9.87. The van der Waals surface area contributed by atoms with Crippen LogP contribution < -0.4 is 5.30 Å². The van der Waals surface area contributed by atoms with Crippen LogP contribution in [0.2, 0.25) is 0 Å². The Kier molecular flexibility index (Phi) is 5.38. The van der Waals surface area contributed by atoms with Gasteiger partial charge in [0.1, 0.15) is 0 Å². The van der Waals surface area contributed by atoms with Crippen molar-refractivity contribution in [2.24, 2.45) is 0 Å². The predicted octanol–water partition coefficient (Wildman–Crippen LogP) is 4.46. The first-order valence-corrected chi connectivity index (χ1v) is 10.5. The Morgan fingerprint density at radius 2 is 1.27 bits per heavy atom. The molecule has 3 rings (SSSR count). The maximum Gasteiger partial charge on any atom is 0.300 e. The zero-order chi connectivity index (χ0) is 15.4. The zero-order valence-electron chi connectivity index (χ0n) is 13.4. The third-order valence-electron chi connectivity index (χ3n) is 5.30. The molecule has 0 amide bonds. The summed E-state index contributed by atoms with van der Waals surface area (Å²) >= 11 is 0. The van der Waals surface area contributed by atoms with Gasteiger partial charge in [0.05, 0.1) is 5.30 Å². The van der Waals surface area contributed by atoms with Crippen LogP contribution in [0.4, 0.5) is 0 Å². The molecule has 1 atom stereocenters.